The van der Waals surface area contributed by atoms with Gasteiger partial charge in [0.05, 0.1) is 5.56 Å². The molecule has 0 spiro atoms. The largest absolute Gasteiger partial charge is 0.449 e. The van der Waals surface area contributed by atoms with Crippen LogP contribution in [0.15, 0.2) is 46.9 Å². The number of hydrogen-bond acceptors (Lipinski definition) is 3. The standard InChI is InChI=1S/C17H15BrClNO3/c1-10-6-7-14(19)9-15(10)20-16(21)11(2)23-17(22)12-4-3-5-13(18)8-12/h3-9,11H,1-2H3,(H,20,21)/t11-/m0/s1. The van der Waals surface area contributed by atoms with Gasteiger partial charge >= 0.3 is 5.97 Å². The number of ether oxygens (including phenoxy) is 1. The number of benzene rings is 2. The summed E-state index contributed by atoms with van der Waals surface area (Å²) in [5, 5.41) is 3.23. The van der Waals surface area contributed by atoms with E-state index in [9.17, 15) is 9.59 Å². The minimum atomic E-state index is -0.931. The molecule has 2 aromatic carbocycles. The summed E-state index contributed by atoms with van der Waals surface area (Å²) in [5.74, 6) is -0.976. The maximum absolute atomic E-state index is 12.2. The fraction of sp³-hybridized carbons (Fsp3) is 0.176. The third kappa shape index (κ3) is 4.81. The van der Waals surface area contributed by atoms with Gasteiger partial charge < -0.3 is 10.1 Å². The van der Waals surface area contributed by atoms with Crippen molar-refractivity contribution in [2.45, 2.75) is 20.0 Å². The van der Waals surface area contributed by atoms with Gasteiger partial charge in [0.2, 0.25) is 0 Å². The van der Waals surface area contributed by atoms with Crippen molar-refractivity contribution in [1.82, 2.24) is 0 Å². The fourth-order valence-corrected chi connectivity index (χ4v) is 2.43. The monoisotopic (exact) mass is 395 g/mol. The Hall–Kier alpha value is -1.85. The number of hydrogen-bond donors (Lipinski definition) is 1. The first-order valence-corrected chi connectivity index (χ1v) is 8.07. The summed E-state index contributed by atoms with van der Waals surface area (Å²) in [5.41, 5.74) is 1.83. The first-order valence-electron chi connectivity index (χ1n) is 6.90. The number of carbonyl (C=O) groups excluding carboxylic acids is 2. The second-order valence-corrected chi connectivity index (χ2v) is 6.36. The van der Waals surface area contributed by atoms with Gasteiger partial charge in [-0.3, -0.25) is 4.79 Å². The lowest BCUT2D eigenvalue weighted by Gasteiger charge is -2.15. The average Bonchev–Trinajstić information content (AvgIpc) is 2.50. The van der Waals surface area contributed by atoms with E-state index in [2.05, 4.69) is 21.2 Å². The van der Waals surface area contributed by atoms with Crippen LogP contribution in [0, 0.1) is 6.92 Å². The van der Waals surface area contributed by atoms with Gasteiger partial charge in [0, 0.05) is 15.2 Å². The lowest BCUT2D eigenvalue weighted by Crippen LogP contribution is -2.30. The highest BCUT2D eigenvalue weighted by molar-refractivity contribution is 9.10. The van der Waals surface area contributed by atoms with Gasteiger partial charge in [-0.2, -0.15) is 0 Å². The summed E-state index contributed by atoms with van der Waals surface area (Å²) in [6.45, 7) is 3.37. The molecule has 0 aliphatic heterocycles. The van der Waals surface area contributed by atoms with Crippen molar-refractivity contribution in [2.75, 3.05) is 5.32 Å². The molecule has 0 saturated heterocycles. The number of halogens is 2. The zero-order valence-electron chi connectivity index (χ0n) is 12.6. The van der Waals surface area contributed by atoms with Crippen LogP contribution in [0.5, 0.6) is 0 Å². The van der Waals surface area contributed by atoms with Crippen LogP contribution in [-0.2, 0) is 9.53 Å². The van der Waals surface area contributed by atoms with Crippen LogP contribution < -0.4 is 5.32 Å². The molecule has 0 radical (unpaired) electrons. The Morgan fingerprint density at radius 2 is 1.96 bits per heavy atom. The molecule has 0 aliphatic carbocycles. The van der Waals surface area contributed by atoms with Gasteiger partial charge in [0.15, 0.2) is 6.10 Å². The zero-order chi connectivity index (χ0) is 17.0. The van der Waals surface area contributed by atoms with Crippen molar-refractivity contribution < 1.29 is 14.3 Å². The summed E-state index contributed by atoms with van der Waals surface area (Å²) >= 11 is 9.20. The van der Waals surface area contributed by atoms with E-state index in [1.165, 1.54) is 6.92 Å². The Kier molecular flexibility index (Phi) is 5.80. The minimum Gasteiger partial charge on any atom is -0.449 e. The first-order chi connectivity index (χ1) is 10.9. The molecule has 120 valence electrons. The summed E-state index contributed by atoms with van der Waals surface area (Å²) in [6.07, 6.45) is -0.931. The van der Waals surface area contributed by atoms with Crippen molar-refractivity contribution in [1.29, 1.82) is 0 Å². The van der Waals surface area contributed by atoms with Crippen LogP contribution in [0.3, 0.4) is 0 Å². The van der Waals surface area contributed by atoms with Crippen molar-refractivity contribution in [3.05, 3.63) is 63.1 Å². The second kappa shape index (κ2) is 7.62. The molecule has 0 unspecified atom stereocenters. The highest BCUT2D eigenvalue weighted by Crippen LogP contribution is 2.20. The molecule has 2 aromatic rings. The van der Waals surface area contributed by atoms with Gasteiger partial charge in [-0.05, 0) is 49.7 Å². The molecular weight excluding hydrogens is 382 g/mol. The van der Waals surface area contributed by atoms with Gasteiger partial charge in [-0.25, -0.2) is 4.79 Å². The molecule has 1 amide bonds. The van der Waals surface area contributed by atoms with E-state index < -0.39 is 18.0 Å². The molecular formula is C17H15BrClNO3. The maximum Gasteiger partial charge on any atom is 0.338 e. The predicted molar refractivity (Wildman–Crippen MR) is 93.8 cm³/mol. The van der Waals surface area contributed by atoms with Crippen LogP contribution in [-0.4, -0.2) is 18.0 Å². The molecule has 6 heteroatoms. The number of anilines is 1. The van der Waals surface area contributed by atoms with Crippen molar-refractivity contribution >= 4 is 45.1 Å². The van der Waals surface area contributed by atoms with E-state index in [-0.39, 0.29) is 0 Å². The Balaban J connectivity index is 2.02. The Morgan fingerprint density at radius 1 is 1.22 bits per heavy atom. The van der Waals surface area contributed by atoms with E-state index in [4.69, 9.17) is 16.3 Å². The highest BCUT2D eigenvalue weighted by Gasteiger charge is 2.19. The molecule has 2 rings (SSSR count). The quantitative estimate of drug-likeness (QED) is 0.769. The molecule has 0 saturated carbocycles. The second-order valence-electron chi connectivity index (χ2n) is 5.01. The summed E-state index contributed by atoms with van der Waals surface area (Å²) in [6, 6.07) is 12.0. The lowest BCUT2D eigenvalue weighted by molar-refractivity contribution is -0.123. The molecule has 0 heterocycles. The van der Waals surface area contributed by atoms with Crippen LogP contribution in [0.25, 0.3) is 0 Å². The van der Waals surface area contributed by atoms with E-state index in [0.29, 0.717) is 16.3 Å². The Morgan fingerprint density at radius 3 is 2.65 bits per heavy atom. The van der Waals surface area contributed by atoms with Gasteiger partial charge in [-0.15, -0.1) is 0 Å². The van der Waals surface area contributed by atoms with Crippen LogP contribution in [0.2, 0.25) is 5.02 Å². The molecule has 0 aromatic heterocycles. The highest BCUT2D eigenvalue weighted by atomic mass is 79.9. The normalized spacial score (nSPS) is 11.7. The first kappa shape index (κ1) is 17.5. The van der Waals surface area contributed by atoms with Gasteiger partial charge in [-0.1, -0.05) is 39.7 Å². The van der Waals surface area contributed by atoms with Gasteiger partial charge in [0.25, 0.3) is 5.91 Å². The Labute approximate surface area is 147 Å². The van der Waals surface area contributed by atoms with Crippen LogP contribution >= 0.6 is 27.5 Å². The molecule has 0 fully saturated rings. The number of carbonyl (C=O) groups is 2. The number of amides is 1. The summed E-state index contributed by atoms with van der Waals surface area (Å²) in [4.78, 5) is 24.2. The Bertz CT molecular complexity index is 748. The van der Waals surface area contributed by atoms with Crippen molar-refractivity contribution in [3.8, 4) is 0 Å². The molecule has 0 aliphatic rings. The minimum absolute atomic E-state index is 0.373. The van der Waals surface area contributed by atoms with Crippen molar-refractivity contribution in [3.63, 3.8) is 0 Å². The fourth-order valence-electron chi connectivity index (χ4n) is 1.86. The SMILES string of the molecule is Cc1ccc(Cl)cc1NC(=O)[C@H](C)OC(=O)c1cccc(Br)c1. The maximum atomic E-state index is 12.2. The molecule has 1 atom stereocenters. The summed E-state index contributed by atoms with van der Waals surface area (Å²) in [7, 11) is 0. The van der Waals surface area contributed by atoms with Crippen LogP contribution in [0.4, 0.5) is 5.69 Å². The van der Waals surface area contributed by atoms with E-state index in [1.54, 1.807) is 42.5 Å². The van der Waals surface area contributed by atoms with E-state index in [1.807, 2.05) is 6.92 Å². The average molecular weight is 397 g/mol. The number of aryl methyl sites for hydroxylation is 1. The smallest absolute Gasteiger partial charge is 0.338 e. The molecule has 4 nitrogen and oxygen atoms in total. The third-order valence-corrected chi connectivity index (χ3v) is 3.90. The number of esters is 1. The number of nitrogens with one attached hydrogen (secondary N) is 1. The molecule has 23 heavy (non-hydrogen) atoms. The molecule has 0 bridgehead atoms. The third-order valence-electron chi connectivity index (χ3n) is 3.17. The zero-order valence-corrected chi connectivity index (χ0v) is 14.9. The van der Waals surface area contributed by atoms with E-state index >= 15 is 0 Å². The lowest BCUT2D eigenvalue weighted by atomic mass is 10.2. The van der Waals surface area contributed by atoms with Gasteiger partial charge in [0.1, 0.15) is 0 Å². The van der Waals surface area contributed by atoms with Crippen LogP contribution in [0.1, 0.15) is 22.8 Å². The predicted octanol–water partition coefficient (Wildman–Crippen LogP) is 4.59. The summed E-state index contributed by atoms with van der Waals surface area (Å²) < 4.78 is 5.95. The van der Waals surface area contributed by atoms with Crippen molar-refractivity contribution in [2.24, 2.45) is 0 Å². The topological polar surface area (TPSA) is 55.4 Å². The number of rotatable bonds is 4. The molecule has 1 N–H and O–H groups in total. The van der Waals surface area contributed by atoms with E-state index in [0.717, 1.165) is 10.0 Å².